The molecule has 0 amide bonds. The SMILES string of the molecule is CCc1ccc(C(F)(F)F)cc1.[Br][Mg][Br]. The van der Waals surface area contributed by atoms with E-state index in [1.54, 1.807) is 0 Å². The molecule has 0 aliphatic rings. The quantitative estimate of drug-likeness (QED) is 0.645. The second-order valence-corrected chi connectivity index (χ2v) is 10.7. The second-order valence-electron chi connectivity index (χ2n) is 2.65. The van der Waals surface area contributed by atoms with E-state index in [0.717, 1.165) is 24.1 Å². The smallest absolute Gasteiger partial charge is 0.280 e. The van der Waals surface area contributed by atoms with E-state index in [1.807, 2.05) is 6.92 Å². The summed E-state index contributed by atoms with van der Waals surface area (Å²) in [6, 6.07) is 5.23. The second kappa shape index (κ2) is 7.92. The lowest BCUT2D eigenvalue weighted by Crippen LogP contribution is -2.04. The molecule has 0 heterocycles. The van der Waals surface area contributed by atoms with Gasteiger partial charge in [-0.15, -0.1) is 0 Å². The van der Waals surface area contributed by atoms with E-state index in [9.17, 15) is 13.2 Å². The van der Waals surface area contributed by atoms with Crippen LogP contribution in [0.5, 0.6) is 0 Å². The Kier molecular flexibility index (Phi) is 8.31. The maximum absolute atomic E-state index is 12.0. The average molecular weight is 358 g/mol. The van der Waals surface area contributed by atoms with Gasteiger partial charge in [-0.1, -0.05) is 19.1 Å². The van der Waals surface area contributed by atoms with Crippen LogP contribution in [0.4, 0.5) is 13.2 Å². The zero-order chi connectivity index (χ0) is 11.9. The molecule has 15 heavy (non-hydrogen) atoms. The fourth-order valence-electron chi connectivity index (χ4n) is 0.929. The van der Waals surface area contributed by atoms with Crippen LogP contribution >= 0.6 is 25.8 Å². The van der Waals surface area contributed by atoms with Gasteiger partial charge in [0.25, 0.3) is 0 Å². The third-order valence-electron chi connectivity index (χ3n) is 1.69. The predicted octanol–water partition coefficient (Wildman–Crippen LogP) is 4.58. The van der Waals surface area contributed by atoms with Gasteiger partial charge in [0.15, 0.2) is 0 Å². The number of benzene rings is 1. The van der Waals surface area contributed by atoms with Crippen LogP contribution in [0.1, 0.15) is 18.1 Å². The number of rotatable bonds is 1. The summed E-state index contributed by atoms with van der Waals surface area (Å²) in [4.78, 5) is 0. The number of hydrogen-bond donors (Lipinski definition) is 0. The van der Waals surface area contributed by atoms with Gasteiger partial charge in [-0.25, -0.2) is 0 Å². The van der Waals surface area contributed by atoms with Gasteiger partial charge in [-0.2, -0.15) is 13.2 Å². The largest absolute Gasteiger partial charge is 0.560 e. The van der Waals surface area contributed by atoms with Crippen molar-refractivity contribution in [2.45, 2.75) is 19.5 Å². The molecule has 0 spiro atoms. The highest BCUT2D eigenvalue weighted by atomic mass is 79.9. The molecule has 0 atom stereocenters. The topological polar surface area (TPSA) is 0 Å². The molecule has 0 saturated carbocycles. The molecule has 1 aromatic rings. The molecule has 1 rings (SSSR count). The van der Waals surface area contributed by atoms with E-state index in [2.05, 4.69) is 25.8 Å². The molecule has 1 aromatic carbocycles. The van der Waals surface area contributed by atoms with Crippen molar-refractivity contribution in [1.29, 1.82) is 0 Å². The average Bonchev–Trinajstić information content (AvgIpc) is 2.18. The molecule has 6 heteroatoms. The lowest BCUT2D eigenvalue weighted by Gasteiger charge is -2.06. The molecule has 0 radical (unpaired) electrons. The number of hydrogen-bond acceptors (Lipinski definition) is 0. The first-order valence-electron chi connectivity index (χ1n) is 4.23. The minimum atomic E-state index is -4.22. The standard InChI is InChI=1S/C9H9F3.2BrH.Mg/c1-2-7-3-5-8(6-4-7)9(10,11)12;;;/h3-6H,2H2,1H3;2*1H;/q;;;+2/p-2. The van der Waals surface area contributed by atoms with E-state index in [4.69, 9.17) is 0 Å². The van der Waals surface area contributed by atoms with Crippen LogP contribution < -0.4 is 0 Å². The third kappa shape index (κ3) is 6.81. The Hall–Kier alpha value is 0.736. The van der Waals surface area contributed by atoms with Gasteiger partial charge in [0.05, 0.1) is 5.56 Å². The van der Waals surface area contributed by atoms with Crippen LogP contribution in [-0.2, 0) is 12.6 Å². The lowest BCUT2D eigenvalue weighted by atomic mass is 10.1. The summed E-state index contributed by atoms with van der Waals surface area (Å²) >= 11 is 6.44. The van der Waals surface area contributed by atoms with Gasteiger partial charge >= 0.3 is 22.2 Å². The van der Waals surface area contributed by atoms with Crippen molar-refractivity contribution in [3.8, 4) is 0 Å². The zero-order valence-electron chi connectivity index (χ0n) is 8.11. The molecule has 0 aliphatic heterocycles. The number of aryl methyl sites for hydroxylation is 1. The summed E-state index contributed by atoms with van der Waals surface area (Å²) in [6.07, 6.45) is -3.45. The minimum absolute atomic E-state index is 0.0417. The molecule has 0 bridgehead atoms. The summed E-state index contributed by atoms with van der Waals surface area (Å²) in [6.45, 7) is 1.91. The van der Waals surface area contributed by atoms with E-state index in [1.165, 1.54) is 12.1 Å². The molecule has 0 unspecified atom stereocenters. The summed E-state index contributed by atoms with van der Waals surface area (Å²) in [5.41, 5.74) is 0.336. The van der Waals surface area contributed by atoms with E-state index in [0.29, 0.717) is 0 Å². The monoisotopic (exact) mass is 356 g/mol. The third-order valence-corrected chi connectivity index (χ3v) is 1.69. The summed E-state index contributed by atoms with van der Waals surface area (Å²) in [5, 5.41) is 0. The van der Waals surface area contributed by atoms with Crippen molar-refractivity contribution in [3.05, 3.63) is 35.4 Å². The highest BCUT2D eigenvalue weighted by molar-refractivity contribution is 9.47. The van der Waals surface area contributed by atoms with Crippen LogP contribution in [0.15, 0.2) is 24.3 Å². The first kappa shape index (κ1) is 15.7. The van der Waals surface area contributed by atoms with E-state index >= 15 is 0 Å². The molecule has 0 N–H and O–H groups in total. The molecular formula is C9H9Br2F3Mg. The van der Waals surface area contributed by atoms with Crippen LogP contribution in [0.3, 0.4) is 0 Å². The molecule has 0 aromatic heterocycles. The van der Waals surface area contributed by atoms with Gasteiger partial charge in [0.1, 0.15) is 0 Å². The number of alkyl halides is 3. The van der Waals surface area contributed by atoms with Crippen molar-refractivity contribution in [2.75, 3.05) is 0 Å². The normalized spacial score (nSPS) is 10.0. The maximum atomic E-state index is 12.0. The fraction of sp³-hybridized carbons (Fsp3) is 0.333. The van der Waals surface area contributed by atoms with Gasteiger partial charge in [-0.05, 0) is 24.1 Å². The van der Waals surface area contributed by atoms with Crippen molar-refractivity contribution in [2.24, 2.45) is 0 Å². The molecule has 0 aliphatic carbocycles. The summed E-state index contributed by atoms with van der Waals surface area (Å²) in [5.74, 6) is 0. The highest BCUT2D eigenvalue weighted by Gasteiger charge is 2.29. The van der Waals surface area contributed by atoms with Crippen molar-refractivity contribution >= 4 is 41.8 Å². The van der Waals surface area contributed by atoms with Gasteiger partial charge in [0.2, 0.25) is 0 Å². The Balaban J connectivity index is 0.000000583. The van der Waals surface area contributed by atoms with Crippen LogP contribution in [0.2, 0.25) is 0 Å². The number of halogens is 5. The van der Waals surface area contributed by atoms with E-state index < -0.39 is 11.7 Å². The molecule has 0 saturated heterocycles. The first-order valence-corrected chi connectivity index (χ1v) is 12.0. The molecule has 82 valence electrons. The minimum Gasteiger partial charge on any atom is -0.280 e. The van der Waals surface area contributed by atoms with E-state index in [-0.39, 0.29) is 16.0 Å². The van der Waals surface area contributed by atoms with Gasteiger partial charge in [-0.3, -0.25) is 25.8 Å². The van der Waals surface area contributed by atoms with Crippen molar-refractivity contribution in [3.63, 3.8) is 0 Å². The van der Waals surface area contributed by atoms with Gasteiger partial charge in [0, 0.05) is 0 Å². The maximum Gasteiger partial charge on any atom is 0.560 e. The van der Waals surface area contributed by atoms with Crippen molar-refractivity contribution < 1.29 is 13.2 Å². The molecular weight excluding hydrogens is 349 g/mol. The Morgan fingerprint density at radius 2 is 1.53 bits per heavy atom. The molecule has 0 nitrogen and oxygen atoms in total. The Morgan fingerprint density at radius 3 is 1.80 bits per heavy atom. The highest BCUT2D eigenvalue weighted by Crippen LogP contribution is 2.28. The fourth-order valence-corrected chi connectivity index (χ4v) is 0.929. The predicted molar refractivity (Wildman–Crippen MR) is 64.4 cm³/mol. The first-order chi connectivity index (χ1) is 6.95. The Labute approximate surface area is 109 Å². The Morgan fingerprint density at radius 1 is 1.13 bits per heavy atom. The Bertz CT molecular complexity index is 272. The lowest BCUT2D eigenvalue weighted by molar-refractivity contribution is -0.137. The zero-order valence-corrected chi connectivity index (χ0v) is 12.7. The van der Waals surface area contributed by atoms with Crippen LogP contribution in [0, 0.1) is 0 Å². The summed E-state index contributed by atoms with van der Waals surface area (Å²) < 4.78 is 36.1. The van der Waals surface area contributed by atoms with Crippen LogP contribution in [0.25, 0.3) is 0 Å². The van der Waals surface area contributed by atoms with Gasteiger partial charge < -0.3 is 0 Å². The van der Waals surface area contributed by atoms with Crippen molar-refractivity contribution in [1.82, 2.24) is 0 Å². The molecule has 0 fully saturated rings. The summed E-state index contributed by atoms with van der Waals surface area (Å²) in [7, 11) is 0. The van der Waals surface area contributed by atoms with Crippen LogP contribution in [-0.4, -0.2) is 16.0 Å².